The summed E-state index contributed by atoms with van der Waals surface area (Å²) in [5.74, 6) is 0.300. The third-order valence-corrected chi connectivity index (χ3v) is 4.06. The van der Waals surface area contributed by atoms with Gasteiger partial charge in [0, 0.05) is 44.3 Å². The lowest BCUT2D eigenvalue weighted by Gasteiger charge is -2.30. The van der Waals surface area contributed by atoms with Crippen LogP contribution in [0.5, 0.6) is 0 Å². The smallest absolute Gasteiger partial charge is 0.191 e. The van der Waals surface area contributed by atoms with Gasteiger partial charge in [-0.05, 0) is 52.3 Å². The van der Waals surface area contributed by atoms with Gasteiger partial charge >= 0.3 is 0 Å². The predicted molar refractivity (Wildman–Crippen MR) is 116 cm³/mol. The number of halogens is 2. The van der Waals surface area contributed by atoms with E-state index in [1.165, 1.54) is 12.1 Å². The molecule has 0 spiro atoms. The molecule has 0 aliphatic rings. The summed E-state index contributed by atoms with van der Waals surface area (Å²) in [5.41, 5.74) is 0.899. The van der Waals surface area contributed by atoms with E-state index in [0.717, 1.165) is 19.5 Å². The summed E-state index contributed by atoms with van der Waals surface area (Å²) in [5, 5.41) is 15.2. The predicted octanol–water partition coefficient (Wildman–Crippen LogP) is 3.49. The Hall–Kier alpha value is -1.40. The van der Waals surface area contributed by atoms with E-state index in [2.05, 4.69) is 48.2 Å². The highest BCUT2D eigenvalue weighted by atomic mass is 127. The van der Waals surface area contributed by atoms with Gasteiger partial charge in [0.25, 0.3) is 0 Å². The first-order chi connectivity index (χ1) is 11.9. The molecule has 146 valence electrons. The van der Waals surface area contributed by atoms with Gasteiger partial charge in [-0.15, -0.1) is 24.0 Å². The number of hydrogen-bond donors (Lipinski definition) is 2. The van der Waals surface area contributed by atoms with Gasteiger partial charge < -0.3 is 10.6 Å². The van der Waals surface area contributed by atoms with E-state index in [1.807, 2.05) is 6.07 Å². The van der Waals surface area contributed by atoms with Crippen molar-refractivity contribution in [3.8, 4) is 6.07 Å². The molecular formula is C19H31FIN5. The summed E-state index contributed by atoms with van der Waals surface area (Å²) in [7, 11) is 1.69. The lowest BCUT2D eigenvalue weighted by atomic mass is 10.1. The normalized spacial score (nSPS) is 11.5. The highest BCUT2D eigenvalue weighted by Crippen LogP contribution is 2.09. The van der Waals surface area contributed by atoms with Gasteiger partial charge in [0.15, 0.2) is 5.96 Å². The van der Waals surface area contributed by atoms with E-state index >= 15 is 0 Å². The molecule has 2 N–H and O–H groups in total. The van der Waals surface area contributed by atoms with Crippen molar-refractivity contribution in [2.24, 2.45) is 4.99 Å². The Labute approximate surface area is 174 Å². The minimum atomic E-state index is -0.327. The average Bonchev–Trinajstić information content (AvgIpc) is 2.57. The average molecular weight is 475 g/mol. The van der Waals surface area contributed by atoms with Crippen molar-refractivity contribution in [2.75, 3.05) is 20.1 Å². The number of rotatable bonds is 8. The van der Waals surface area contributed by atoms with Crippen molar-refractivity contribution in [3.63, 3.8) is 0 Å². The van der Waals surface area contributed by atoms with Gasteiger partial charge in [0.1, 0.15) is 5.82 Å². The number of guanidine groups is 1. The molecule has 0 amide bonds. The quantitative estimate of drug-likeness (QED) is 0.262. The van der Waals surface area contributed by atoms with Gasteiger partial charge in [-0.25, -0.2) is 4.39 Å². The molecule has 0 heterocycles. The van der Waals surface area contributed by atoms with Crippen molar-refractivity contribution in [1.29, 1.82) is 5.26 Å². The summed E-state index contributed by atoms with van der Waals surface area (Å²) in [6.07, 6.45) is 0.995. The van der Waals surface area contributed by atoms with Gasteiger partial charge in [-0.1, -0.05) is 0 Å². The van der Waals surface area contributed by atoms with Crippen LogP contribution < -0.4 is 10.6 Å². The highest BCUT2D eigenvalue weighted by Gasteiger charge is 2.12. The summed E-state index contributed by atoms with van der Waals surface area (Å²) in [4.78, 5) is 6.60. The van der Waals surface area contributed by atoms with E-state index in [4.69, 9.17) is 5.26 Å². The second kappa shape index (κ2) is 12.9. The molecule has 0 radical (unpaired) electrons. The molecule has 7 heteroatoms. The molecule has 0 aliphatic heterocycles. The Kier molecular flexibility index (Phi) is 12.2. The fourth-order valence-electron chi connectivity index (χ4n) is 2.76. The fourth-order valence-corrected chi connectivity index (χ4v) is 2.76. The first-order valence-electron chi connectivity index (χ1n) is 8.77. The first kappa shape index (κ1) is 24.6. The van der Waals surface area contributed by atoms with Crippen LogP contribution in [0.2, 0.25) is 0 Å². The van der Waals surface area contributed by atoms with Crippen LogP contribution in [0.25, 0.3) is 0 Å². The monoisotopic (exact) mass is 475 g/mol. The number of aliphatic imine (C=N–C) groups is 1. The summed E-state index contributed by atoms with van der Waals surface area (Å²) < 4.78 is 13.8. The van der Waals surface area contributed by atoms with Gasteiger partial charge in [-0.2, -0.15) is 5.26 Å². The molecule has 0 aliphatic carbocycles. The lowest BCUT2D eigenvalue weighted by molar-refractivity contribution is 0.173. The number of benzene rings is 1. The van der Waals surface area contributed by atoms with Gasteiger partial charge in [0.05, 0.1) is 11.6 Å². The van der Waals surface area contributed by atoms with E-state index in [-0.39, 0.29) is 36.3 Å². The van der Waals surface area contributed by atoms with Crippen molar-refractivity contribution < 1.29 is 4.39 Å². The second-order valence-electron chi connectivity index (χ2n) is 6.55. The maximum Gasteiger partial charge on any atom is 0.191 e. The Morgan fingerprint density at radius 3 is 2.42 bits per heavy atom. The molecule has 0 fully saturated rings. The minimum absolute atomic E-state index is 0. The lowest BCUT2D eigenvalue weighted by Crippen LogP contribution is -2.41. The molecule has 0 aromatic heterocycles. The number of hydrogen-bond acceptors (Lipinski definition) is 3. The Bertz CT molecular complexity index is 602. The molecule has 5 nitrogen and oxygen atoms in total. The molecule has 1 rings (SSSR count). The molecule has 0 saturated carbocycles. The standard InChI is InChI=1S/C19H30FN5.HI/c1-14(2)25(15(3)4)10-6-9-23-19(22-5)24-13-17-11-16(12-21)7-8-18(17)20;/h7-8,11,14-15H,6,9-10,13H2,1-5H3,(H2,22,23,24);1H. The number of nitrogens with one attached hydrogen (secondary N) is 2. The zero-order valence-electron chi connectivity index (χ0n) is 16.3. The number of nitriles is 1. The highest BCUT2D eigenvalue weighted by molar-refractivity contribution is 14.0. The largest absolute Gasteiger partial charge is 0.356 e. The van der Waals surface area contributed by atoms with Crippen LogP contribution in [0.15, 0.2) is 23.2 Å². The van der Waals surface area contributed by atoms with Crippen molar-refractivity contribution in [3.05, 3.63) is 35.1 Å². The van der Waals surface area contributed by atoms with Crippen molar-refractivity contribution >= 4 is 29.9 Å². The Morgan fingerprint density at radius 1 is 1.23 bits per heavy atom. The SMILES string of the molecule is CN=C(NCCCN(C(C)C)C(C)C)NCc1cc(C#N)ccc1F.I. The van der Waals surface area contributed by atoms with Crippen molar-refractivity contribution in [1.82, 2.24) is 15.5 Å². The van der Waals surface area contributed by atoms with E-state index in [9.17, 15) is 4.39 Å². The van der Waals surface area contributed by atoms with Gasteiger partial charge in [0.2, 0.25) is 0 Å². The molecule has 26 heavy (non-hydrogen) atoms. The van der Waals surface area contributed by atoms with Crippen LogP contribution in [0, 0.1) is 17.1 Å². The van der Waals surface area contributed by atoms with Crippen LogP contribution in [-0.4, -0.2) is 43.1 Å². The molecule has 0 bridgehead atoms. The van der Waals surface area contributed by atoms with E-state index < -0.39 is 0 Å². The third-order valence-electron chi connectivity index (χ3n) is 4.06. The number of nitrogens with zero attached hydrogens (tertiary/aromatic N) is 3. The molecule has 0 saturated heterocycles. The second-order valence-corrected chi connectivity index (χ2v) is 6.55. The molecular weight excluding hydrogens is 444 g/mol. The minimum Gasteiger partial charge on any atom is -0.356 e. The zero-order chi connectivity index (χ0) is 18.8. The van der Waals surface area contributed by atoms with Crippen LogP contribution in [-0.2, 0) is 6.54 Å². The van der Waals surface area contributed by atoms with E-state index in [0.29, 0.717) is 29.2 Å². The topological polar surface area (TPSA) is 63.5 Å². The van der Waals surface area contributed by atoms with Crippen LogP contribution in [0.1, 0.15) is 45.2 Å². The van der Waals surface area contributed by atoms with Gasteiger partial charge in [-0.3, -0.25) is 9.89 Å². The van der Waals surface area contributed by atoms with Crippen LogP contribution >= 0.6 is 24.0 Å². The first-order valence-corrected chi connectivity index (χ1v) is 8.77. The van der Waals surface area contributed by atoms with Crippen molar-refractivity contribution in [2.45, 2.75) is 52.7 Å². The van der Waals surface area contributed by atoms with Crippen LogP contribution in [0.4, 0.5) is 4.39 Å². The Balaban J connectivity index is 0.00000625. The zero-order valence-corrected chi connectivity index (χ0v) is 18.7. The maximum absolute atomic E-state index is 13.8. The van der Waals surface area contributed by atoms with E-state index in [1.54, 1.807) is 13.1 Å². The summed E-state index contributed by atoms with van der Waals surface area (Å²) in [6, 6.07) is 7.41. The summed E-state index contributed by atoms with van der Waals surface area (Å²) >= 11 is 0. The fraction of sp³-hybridized carbons (Fsp3) is 0.579. The molecule has 0 atom stereocenters. The summed E-state index contributed by atoms with van der Waals surface area (Å²) in [6.45, 7) is 10.9. The third kappa shape index (κ3) is 8.32. The maximum atomic E-state index is 13.8. The Morgan fingerprint density at radius 2 is 1.88 bits per heavy atom. The molecule has 1 aromatic rings. The molecule has 0 unspecified atom stereocenters. The molecule has 1 aromatic carbocycles. The van der Waals surface area contributed by atoms with Crippen LogP contribution in [0.3, 0.4) is 0 Å².